The first kappa shape index (κ1) is 14.6. The molecule has 18 heavy (non-hydrogen) atoms. The van der Waals surface area contributed by atoms with E-state index >= 15 is 0 Å². The molecule has 0 aliphatic heterocycles. The summed E-state index contributed by atoms with van der Waals surface area (Å²) in [5, 5.41) is 2.81. The average molecular weight is 253 g/mol. The van der Waals surface area contributed by atoms with Crippen LogP contribution in [0.3, 0.4) is 0 Å². The third-order valence-corrected chi connectivity index (χ3v) is 2.61. The summed E-state index contributed by atoms with van der Waals surface area (Å²) >= 11 is 0. The molecule has 1 amide bonds. The van der Waals surface area contributed by atoms with Crippen molar-refractivity contribution in [3.05, 3.63) is 35.1 Å². The van der Waals surface area contributed by atoms with Gasteiger partial charge in [-0.15, -0.1) is 0 Å². The van der Waals surface area contributed by atoms with Crippen LogP contribution in [0.25, 0.3) is 0 Å². The van der Waals surface area contributed by atoms with Crippen molar-refractivity contribution >= 4 is 5.91 Å². The molecule has 0 saturated carbocycles. The van der Waals surface area contributed by atoms with E-state index in [1.807, 2.05) is 6.92 Å². The number of hydrogen-bond donors (Lipinski definition) is 1. The Balaban J connectivity index is 2.27. The summed E-state index contributed by atoms with van der Waals surface area (Å²) in [5.74, 6) is -0.224. The molecule has 0 fully saturated rings. The first-order valence-electron chi connectivity index (χ1n) is 6.23. The number of ether oxygens (including phenoxy) is 1. The number of amides is 1. The largest absolute Gasteiger partial charge is 0.382 e. The minimum atomic E-state index is -0.221. The summed E-state index contributed by atoms with van der Waals surface area (Å²) < 4.78 is 18.2. The number of nitrogens with one attached hydrogen (secondary N) is 1. The first-order valence-corrected chi connectivity index (χ1v) is 6.23. The van der Waals surface area contributed by atoms with Crippen molar-refractivity contribution < 1.29 is 13.9 Å². The molecule has 1 rings (SSSR count). The van der Waals surface area contributed by atoms with Crippen molar-refractivity contribution in [3.63, 3.8) is 0 Å². The van der Waals surface area contributed by atoms with Gasteiger partial charge in [0.2, 0.25) is 5.91 Å². The zero-order valence-electron chi connectivity index (χ0n) is 11.0. The third kappa shape index (κ3) is 5.27. The Kier molecular flexibility index (Phi) is 6.36. The lowest BCUT2D eigenvalue weighted by Gasteiger charge is -2.06. The Labute approximate surface area is 107 Å². The van der Waals surface area contributed by atoms with Crippen LogP contribution in [0.4, 0.5) is 4.39 Å². The van der Waals surface area contributed by atoms with Gasteiger partial charge >= 0.3 is 0 Å². The summed E-state index contributed by atoms with van der Waals surface area (Å²) in [6.07, 6.45) is 1.18. The Morgan fingerprint density at radius 3 is 2.89 bits per heavy atom. The van der Waals surface area contributed by atoms with Crippen LogP contribution < -0.4 is 5.32 Å². The second kappa shape index (κ2) is 7.82. The molecular weight excluding hydrogens is 233 g/mol. The minimum absolute atomic E-state index is 0.00307. The first-order chi connectivity index (χ1) is 8.63. The fourth-order valence-corrected chi connectivity index (χ4v) is 1.58. The normalized spacial score (nSPS) is 10.4. The predicted molar refractivity (Wildman–Crippen MR) is 68.7 cm³/mol. The van der Waals surface area contributed by atoms with E-state index in [0.717, 1.165) is 12.0 Å². The molecular formula is C14H20FNO2. The maximum absolute atomic E-state index is 13.0. The lowest BCUT2D eigenvalue weighted by molar-refractivity contribution is -0.121. The lowest BCUT2D eigenvalue weighted by atomic mass is 10.1. The molecule has 0 bridgehead atoms. The fraction of sp³-hybridized carbons (Fsp3) is 0.500. The standard InChI is InChI=1S/C14H20FNO2/c1-3-18-8-4-5-14(17)16-10-12-6-7-13(15)11(2)9-12/h6-7,9H,3-5,8,10H2,1-2H3,(H,16,17). The number of halogens is 1. The van der Waals surface area contributed by atoms with Crippen molar-refractivity contribution in [1.82, 2.24) is 5.32 Å². The molecule has 0 spiro atoms. The van der Waals surface area contributed by atoms with Crippen LogP contribution in [0, 0.1) is 12.7 Å². The van der Waals surface area contributed by atoms with E-state index in [-0.39, 0.29) is 11.7 Å². The summed E-state index contributed by atoms with van der Waals surface area (Å²) in [5.41, 5.74) is 1.50. The molecule has 1 N–H and O–H groups in total. The second-order valence-corrected chi connectivity index (χ2v) is 4.16. The van der Waals surface area contributed by atoms with Crippen LogP contribution in [0.2, 0.25) is 0 Å². The van der Waals surface area contributed by atoms with E-state index in [0.29, 0.717) is 31.7 Å². The average Bonchev–Trinajstić information content (AvgIpc) is 2.36. The highest BCUT2D eigenvalue weighted by Gasteiger charge is 2.03. The quantitative estimate of drug-likeness (QED) is 0.758. The Morgan fingerprint density at radius 2 is 2.22 bits per heavy atom. The van der Waals surface area contributed by atoms with Gasteiger partial charge in [0.15, 0.2) is 0 Å². The van der Waals surface area contributed by atoms with Crippen LogP contribution in [-0.4, -0.2) is 19.1 Å². The topological polar surface area (TPSA) is 38.3 Å². The molecule has 0 radical (unpaired) electrons. The van der Waals surface area contributed by atoms with E-state index in [2.05, 4.69) is 5.32 Å². The van der Waals surface area contributed by atoms with Crippen molar-refractivity contribution in [2.45, 2.75) is 33.2 Å². The smallest absolute Gasteiger partial charge is 0.220 e. The van der Waals surface area contributed by atoms with E-state index in [1.165, 1.54) is 6.07 Å². The summed E-state index contributed by atoms with van der Waals surface area (Å²) in [7, 11) is 0. The molecule has 3 nitrogen and oxygen atoms in total. The molecule has 4 heteroatoms. The highest BCUT2D eigenvalue weighted by molar-refractivity contribution is 5.75. The zero-order chi connectivity index (χ0) is 13.4. The Hall–Kier alpha value is -1.42. The van der Waals surface area contributed by atoms with Gasteiger partial charge in [0.05, 0.1) is 0 Å². The molecule has 0 unspecified atom stereocenters. The van der Waals surface area contributed by atoms with Gasteiger partial charge in [-0.25, -0.2) is 4.39 Å². The van der Waals surface area contributed by atoms with Gasteiger partial charge in [0.1, 0.15) is 5.82 Å². The van der Waals surface area contributed by atoms with Crippen molar-refractivity contribution in [2.24, 2.45) is 0 Å². The maximum atomic E-state index is 13.0. The van der Waals surface area contributed by atoms with Gasteiger partial charge in [0.25, 0.3) is 0 Å². The van der Waals surface area contributed by atoms with E-state index in [4.69, 9.17) is 4.74 Å². The Bertz CT molecular complexity index is 393. The van der Waals surface area contributed by atoms with Crippen molar-refractivity contribution in [2.75, 3.05) is 13.2 Å². The molecule has 1 aromatic carbocycles. The van der Waals surface area contributed by atoms with Crippen LogP contribution >= 0.6 is 0 Å². The second-order valence-electron chi connectivity index (χ2n) is 4.16. The van der Waals surface area contributed by atoms with Crippen LogP contribution in [-0.2, 0) is 16.1 Å². The number of carbonyl (C=O) groups excluding carboxylic acids is 1. The number of benzene rings is 1. The highest BCUT2D eigenvalue weighted by Crippen LogP contribution is 2.08. The van der Waals surface area contributed by atoms with Crippen LogP contribution in [0.5, 0.6) is 0 Å². The van der Waals surface area contributed by atoms with Crippen molar-refractivity contribution in [3.8, 4) is 0 Å². The molecule has 1 aromatic rings. The number of carbonyl (C=O) groups is 1. The summed E-state index contributed by atoms with van der Waals surface area (Å²) in [6.45, 7) is 5.37. The number of aryl methyl sites for hydroxylation is 1. The molecule has 0 aliphatic carbocycles. The molecule has 0 saturated heterocycles. The van der Waals surface area contributed by atoms with E-state index in [1.54, 1.807) is 19.1 Å². The monoisotopic (exact) mass is 253 g/mol. The van der Waals surface area contributed by atoms with Gasteiger partial charge in [-0.1, -0.05) is 12.1 Å². The predicted octanol–water partition coefficient (Wildman–Crippen LogP) is 2.57. The SMILES string of the molecule is CCOCCCC(=O)NCc1ccc(F)c(C)c1. The number of hydrogen-bond acceptors (Lipinski definition) is 2. The van der Waals surface area contributed by atoms with Gasteiger partial charge in [-0.2, -0.15) is 0 Å². The minimum Gasteiger partial charge on any atom is -0.382 e. The van der Waals surface area contributed by atoms with Gasteiger partial charge in [0, 0.05) is 26.2 Å². The lowest BCUT2D eigenvalue weighted by Crippen LogP contribution is -2.22. The van der Waals surface area contributed by atoms with Gasteiger partial charge in [-0.05, 0) is 37.5 Å². The van der Waals surface area contributed by atoms with E-state index < -0.39 is 0 Å². The maximum Gasteiger partial charge on any atom is 0.220 e. The van der Waals surface area contributed by atoms with Crippen molar-refractivity contribution in [1.29, 1.82) is 0 Å². The van der Waals surface area contributed by atoms with Crippen LogP contribution in [0.15, 0.2) is 18.2 Å². The highest BCUT2D eigenvalue weighted by atomic mass is 19.1. The van der Waals surface area contributed by atoms with Gasteiger partial charge in [-0.3, -0.25) is 4.79 Å². The van der Waals surface area contributed by atoms with Gasteiger partial charge < -0.3 is 10.1 Å². The Morgan fingerprint density at radius 1 is 1.44 bits per heavy atom. The zero-order valence-corrected chi connectivity index (χ0v) is 11.0. The molecule has 0 aromatic heterocycles. The van der Waals surface area contributed by atoms with E-state index in [9.17, 15) is 9.18 Å². The molecule has 0 heterocycles. The molecule has 0 atom stereocenters. The molecule has 0 aliphatic rings. The fourth-order valence-electron chi connectivity index (χ4n) is 1.58. The summed E-state index contributed by atoms with van der Waals surface area (Å²) in [6, 6.07) is 4.85. The summed E-state index contributed by atoms with van der Waals surface area (Å²) in [4.78, 5) is 11.5. The molecule has 100 valence electrons. The number of rotatable bonds is 7. The third-order valence-electron chi connectivity index (χ3n) is 2.61. The van der Waals surface area contributed by atoms with Crippen LogP contribution in [0.1, 0.15) is 30.9 Å².